The van der Waals surface area contributed by atoms with Crippen molar-refractivity contribution < 1.29 is 14.3 Å². The van der Waals surface area contributed by atoms with Crippen molar-refractivity contribution in [1.29, 1.82) is 0 Å². The van der Waals surface area contributed by atoms with E-state index >= 15 is 0 Å². The third-order valence-electron chi connectivity index (χ3n) is 10.3. The predicted octanol–water partition coefficient (Wildman–Crippen LogP) is 5.22. The van der Waals surface area contributed by atoms with Gasteiger partial charge in [-0.2, -0.15) is 0 Å². The van der Waals surface area contributed by atoms with Crippen LogP contribution in [0.5, 0.6) is 5.75 Å². The third kappa shape index (κ3) is 7.62. The number of likely N-dealkylation sites (tertiary alicyclic amines) is 1. The number of aromatic nitrogens is 6. The summed E-state index contributed by atoms with van der Waals surface area (Å²) in [6.07, 6.45) is 4.44. The molecule has 2 aromatic heterocycles. The highest BCUT2D eigenvalue weighted by Crippen LogP contribution is 2.39. The molecule has 0 radical (unpaired) electrons. The van der Waals surface area contributed by atoms with Gasteiger partial charge in [0.05, 0.1) is 41.6 Å². The van der Waals surface area contributed by atoms with Gasteiger partial charge in [-0.1, -0.05) is 42.5 Å². The Morgan fingerprint density at radius 2 is 1.75 bits per heavy atom. The van der Waals surface area contributed by atoms with E-state index in [-0.39, 0.29) is 16.9 Å². The van der Waals surface area contributed by atoms with Gasteiger partial charge in [0.25, 0.3) is 5.91 Å². The molecule has 5 aromatic rings. The van der Waals surface area contributed by atoms with Crippen LogP contribution in [0.4, 0.5) is 5.95 Å². The Balaban J connectivity index is 1.06. The van der Waals surface area contributed by atoms with E-state index in [0.29, 0.717) is 36.7 Å². The highest BCUT2D eigenvalue weighted by molar-refractivity contribution is 5.98. The van der Waals surface area contributed by atoms with Crippen LogP contribution in [0.15, 0.2) is 79.1 Å². The number of ether oxygens (including phenoxy) is 2. The molecule has 1 amide bonds. The van der Waals surface area contributed by atoms with Crippen LogP contribution in [0.25, 0.3) is 16.7 Å². The molecule has 1 atom stereocenters. The number of hydrogen-bond donors (Lipinski definition) is 0. The van der Waals surface area contributed by atoms with Crippen LogP contribution in [0, 0.1) is 0 Å². The Morgan fingerprint density at radius 3 is 2.53 bits per heavy atom. The highest BCUT2D eigenvalue weighted by Gasteiger charge is 2.42. The van der Waals surface area contributed by atoms with Gasteiger partial charge in [-0.15, -0.1) is 5.10 Å². The second kappa shape index (κ2) is 14.8. The number of rotatable bonds is 11. The summed E-state index contributed by atoms with van der Waals surface area (Å²) < 4.78 is 15.6. The summed E-state index contributed by atoms with van der Waals surface area (Å²) in [4.78, 5) is 26.3. The molecule has 0 saturated carbocycles. The van der Waals surface area contributed by atoms with E-state index in [1.807, 2.05) is 23.1 Å². The number of tetrazole rings is 1. The fourth-order valence-electron chi connectivity index (χ4n) is 7.61. The summed E-state index contributed by atoms with van der Waals surface area (Å²) in [6, 6.07) is 24.6. The average Bonchev–Trinajstić information content (AvgIpc) is 3.88. The minimum atomic E-state index is -0.186. The molecule has 1 unspecified atom stereocenters. The number of fused-ring (bicyclic) bond motifs is 1. The zero-order valence-corrected chi connectivity index (χ0v) is 30.2. The number of amides is 1. The van der Waals surface area contributed by atoms with E-state index in [0.717, 1.165) is 75.5 Å². The van der Waals surface area contributed by atoms with Gasteiger partial charge in [0, 0.05) is 44.7 Å². The minimum Gasteiger partial charge on any atom is -0.496 e. The largest absolute Gasteiger partial charge is 0.496 e. The fraction of sp³-hybridized carbons (Fsp3) is 0.462. The van der Waals surface area contributed by atoms with Crippen molar-refractivity contribution in [2.45, 2.75) is 57.6 Å². The Labute approximate surface area is 299 Å². The van der Waals surface area contributed by atoms with Crippen molar-refractivity contribution in [2.75, 3.05) is 64.4 Å². The van der Waals surface area contributed by atoms with Crippen LogP contribution in [-0.4, -0.2) is 111 Å². The predicted molar refractivity (Wildman–Crippen MR) is 198 cm³/mol. The van der Waals surface area contributed by atoms with Crippen LogP contribution in [-0.2, 0) is 16.7 Å². The molecule has 12 heteroatoms. The molecule has 2 fully saturated rings. The maximum atomic E-state index is 14.2. The van der Waals surface area contributed by atoms with Crippen LogP contribution in [0.2, 0.25) is 0 Å². The van der Waals surface area contributed by atoms with Crippen LogP contribution < -0.4 is 9.64 Å². The number of para-hydroxylation sites is 2. The lowest BCUT2D eigenvalue weighted by Gasteiger charge is -2.33. The van der Waals surface area contributed by atoms with Crippen molar-refractivity contribution in [3.8, 4) is 11.4 Å². The topological polar surface area (TPSA) is 107 Å². The quantitative estimate of drug-likeness (QED) is 0.184. The van der Waals surface area contributed by atoms with E-state index < -0.39 is 0 Å². The minimum absolute atomic E-state index is 0.0409. The Kier molecular flexibility index (Phi) is 10.1. The maximum absolute atomic E-state index is 14.2. The van der Waals surface area contributed by atoms with E-state index in [9.17, 15) is 4.79 Å². The van der Waals surface area contributed by atoms with Crippen LogP contribution in [0.3, 0.4) is 0 Å². The summed E-state index contributed by atoms with van der Waals surface area (Å²) in [6.45, 7) is 13.8. The van der Waals surface area contributed by atoms with E-state index in [1.54, 1.807) is 11.8 Å². The first-order valence-corrected chi connectivity index (χ1v) is 18.1. The summed E-state index contributed by atoms with van der Waals surface area (Å²) in [5.74, 6) is 1.53. The zero-order valence-electron chi connectivity index (χ0n) is 30.2. The molecule has 51 heavy (non-hydrogen) atoms. The zero-order chi connectivity index (χ0) is 35.4. The van der Waals surface area contributed by atoms with Crippen LogP contribution >= 0.6 is 0 Å². The molecule has 2 aliphatic rings. The van der Waals surface area contributed by atoms with Crippen LogP contribution in [0.1, 0.15) is 56.0 Å². The molecule has 0 spiro atoms. The van der Waals surface area contributed by atoms with Gasteiger partial charge in [0.2, 0.25) is 5.95 Å². The lowest BCUT2D eigenvalue weighted by atomic mass is 9.76. The number of hydrogen-bond acceptors (Lipinski definition) is 9. The highest BCUT2D eigenvalue weighted by atomic mass is 16.5. The summed E-state index contributed by atoms with van der Waals surface area (Å²) in [7, 11) is 1.60. The first kappa shape index (κ1) is 34.6. The summed E-state index contributed by atoms with van der Waals surface area (Å²) in [5.41, 5.74) is 4.35. The second-order valence-electron chi connectivity index (χ2n) is 14.7. The number of benzene rings is 3. The Hall–Kier alpha value is -4.81. The second-order valence-corrected chi connectivity index (χ2v) is 14.7. The Bertz CT molecular complexity index is 1920. The van der Waals surface area contributed by atoms with Crippen molar-refractivity contribution in [3.63, 3.8) is 0 Å². The van der Waals surface area contributed by atoms with Crippen molar-refractivity contribution in [2.24, 2.45) is 0 Å². The Morgan fingerprint density at radius 1 is 0.922 bits per heavy atom. The first-order chi connectivity index (χ1) is 24.7. The van der Waals surface area contributed by atoms with Gasteiger partial charge in [-0.25, -0.2) is 9.67 Å². The molecule has 2 saturated heterocycles. The van der Waals surface area contributed by atoms with Gasteiger partial charge >= 0.3 is 0 Å². The molecular weight excluding hydrogens is 642 g/mol. The van der Waals surface area contributed by atoms with Gasteiger partial charge in [0.1, 0.15) is 12.1 Å². The number of carbonyl (C=O) groups excluding carboxylic acids is 1. The standard InChI is InChI=1S/C39H49N9O3/c1-38(2,3)51-26-25-47-34-14-9-8-13-33(34)41-37(47)45-20-10-19-44(23-24-45)21-17-39(30-11-6-5-7-12-30)18-22-46(28-39)36(49)32-27-31(15-16-35(32)50-4)48-29-40-42-43-48/h5-9,11-16,27,29H,10,17-26,28H2,1-4H3. The molecule has 268 valence electrons. The van der Waals surface area contributed by atoms with Gasteiger partial charge in [0.15, 0.2) is 0 Å². The molecule has 0 bridgehead atoms. The van der Waals surface area contributed by atoms with E-state index in [4.69, 9.17) is 14.5 Å². The SMILES string of the molecule is COc1ccc(-n2cnnn2)cc1C(=O)N1CCC(CCN2CCCN(c3nc4ccccc4n3CCOC(C)(C)C)CC2)(c2ccccc2)C1. The number of nitrogens with zero attached hydrogens (tertiary/aromatic N) is 9. The van der Waals surface area contributed by atoms with E-state index in [2.05, 4.69) is 105 Å². The molecule has 3 aromatic carbocycles. The molecule has 2 aliphatic heterocycles. The molecule has 0 aliphatic carbocycles. The fourth-order valence-corrected chi connectivity index (χ4v) is 7.61. The molecule has 4 heterocycles. The van der Waals surface area contributed by atoms with Gasteiger partial charge in [-0.05, 0) is 99.4 Å². The first-order valence-electron chi connectivity index (χ1n) is 18.1. The van der Waals surface area contributed by atoms with Crippen molar-refractivity contribution in [1.82, 2.24) is 39.6 Å². The average molecular weight is 692 g/mol. The molecule has 12 nitrogen and oxygen atoms in total. The smallest absolute Gasteiger partial charge is 0.257 e. The van der Waals surface area contributed by atoms with Crippen molar-refractivity contribution >= 4 is 22.9 Å². The van der Waals surface area contributed by atoms with E-state index in [1.165, 1.54) is 11.9 Å². The van der Waals surface area contributed by atoms with Crippen molar-refractivity contribution in [3.05, 3.63) is 90.3 Å². The molecule has 0 N–H and O–H groups in total. The molecule has 7 rings (SSSR count). The number of methoxy groups -OCH3 is 1. The normalized spacial score (nSPS) is 18.7. The summed E-state index contributed by atoms with van der Waals surface area (Å²) in [5, 5.41) is 11.5. The lowest BCUT2D eigenvalue weighted by Crippen LogP contribution is -2.39. The number of imidazole rings is 1. The number of carbonyl (C=O) groups is 1. The lowest BCUT2D eigenvalue weighted by molar-refractivity contribution is -0.00639. The van der Waals surface area contributed by atoms with Gasteiger partial charge in [-0.3, -0.25) is 4.79 Å². The third-order valence-corrected chi connectivity index (χ3v) is 10.3. The monoisotopic (exact) mass is 691 g/mol. The number of anilines is 1. The van der Waals surface area contributed by atoms with Gasteiger partial charge < -0.3 is 28.7 Å². The maximum Gasteiger partial charge on any atom is 0.257 e. The molecular formula is C39H49N9O3. The summed E-state index contributed by atoms with van der Waals surface area (Å²) >= 11 is 0.